The lowest BCUT2D eigenvalue weighted by molar-refractivity contribution is 0.312. The zero-order valence-electron chi connectivity index (χ0n) is 17.7. The van der Waals surface area contributed by atoms with Gasteiger partial charge in [0.05, 0.1) is 22.4 Å². The molecule has 4 aromatic rings. The number of fused-ring (bicyclic) bond motifs is 2. The van der Waals surface area contributed by atoms with E-state index < -0.39 is 0 Å². The maximum Gasteiger partial charge on any atom is 0.0705 e. The van der Waals surface area contributed by atoms with Gasteiger partial charge in [0.25, 0.3) is 0 Å². The van der Waals surface area contributed by atoms with Crippen LogP contribution in [-0.2, 0) is 13.1 Å². The van der Waals surface area contributed by atoms with Crippen molar-refractivity contribution in [2.24, 2.45) is 0 Å². The van der Waals surface area contributed by atoms with E-state index in [0.717, 1.165) is 35.5 Å². The molecule has 4 rings (SSSR count). The average molecular weight is 374 g/mol. The maximum absolute atomic E-state index is 4.74. The van der Waals surface area contributed by atoms with Gasteiger partial charge in [-0.2, -0.15) is 0 Å². The fourth-order valence-electron chi connectivity index (χ4n) is 3.00. The number of aromatic nitrogens is 2. The Morgan fingerprint density at radius 1 is 0.571 bits per heavy atom. The summed E-state index contributed by atoms with van der Waals surface area (Å²) >= 11 is 0. The SMILES string of the molecule is CC.CC.CN(Cc1ccc2ccccc2n1)Cc1ccc2ccccc2n1. The molecule has 2 aromatic heterocycles. The van der Waals surface area contributed by atoms with E-state index in [1.54, 1.807) is 0 Å². The van der Waals surface area contributed by atoms with Gasteiger partial charge in [-0.05, 0) is 31.3 Å². The van der Waals surface area contributed by atoms with Crippen LogP contribution in [0.2, 0.25) is 0 Å². The minimum Gasteiger partial charge on any atom is -0.295 e. The van der Waals surface area contributed by atoms with E-state index in [1.165, 1.54) is 10.8 Å². The molecule has 0 aliphatic rings. The number of benzene rings is 2. The maximum atomic E-state index is 4.74. The first-order valence-electron chi connectivity index (χ1n) is 10.2. The molecule has 2 aromatic carbocycles. The zero-order valence-corrected chi connectivity index (χ0v) is 17.7. The summed E-state index contributed by atoms with van der Waals surface area (Å²) in [5.74, 6) is 0. The Labute approximate surface area is 169 Å². The minimum atomic E-state index is 0.805. The highest BCUT2D eigenvalue weighted by molar-refractivity contribution is 5.79. The van der Waals surface area contributed by atoms with Gasteiger partial charge in [-0.3, -0.25) is 14.9 Å². The molecule has 0 aliphatic heterocycles. The van der Waals surface area contributed by atoms with Crippen LogP contribution in [0.25, 0.3) is 21.8 Å². The molecule has 0 fully saturated rings. The van der Waals surface area contributed by atoms with Crippen LogP contribution in [0.3, 0.4) is 0 Å². The second kappa shape index (κ2) is 11.2. The smallest absolute Gasteiger partial charge is 0.0705 e. The average Bonchev–Trinajstić information content (AvgIpc) is 2.76. The third-order valence-electron chi connectivity index (χ3n) is 4.18. The normalized spacial score (nSPS) is 10.2. The molecule has 0 saturated heterocycles. The number of rotatable bonds is 4. The van der Waals surface area contributed by atoms with E-state index in [9.17, 15) is 0 Å². The molecule has 28 heavy (non-hydrogen) atoms. The van der Waals surface area contributed by atoms with E-state index >= 15 is 0 Å². The predicted octanol–water partition coefficient (Wildman–Crippen LogP) is 6.47. The minimum absolute atomic E-state index is 0.805. The third-order valence-corrected chi connectivity index (χ3v) is 4.18. The highest BCUT2D eigenvalue weighted by Crippen LogP contribution is 2.15. The first kappa shape index (κ1) is 21.5. The van der Waals surface area contributed by atoms with Crippen LogP contribution in [0, 0.1) is 0 Å². The first-order valence-corrected chi connectivity index (χ1v) is 10.2. The van der Waals surface area contributed by atoms with Crippen molar-refractivity contribution in [3.63, 3.8) is 0 Å². The number of pyridine rings is 2. The van der Waals surface area contributed by atoms with Crippen LogP contribution in [0.15, 0.2) is 72.8 Å². The highest BCUT2D eigenvalue weighted by Gasteiger charge is 2.06. The van der Waals surface area contributed by atoms with Crippen molar-refractivity contribution in [2.45, 2.75) is 40.8 Å². The van der Waals surface area contributed by atoms with Crippen molar-refractivity contribution in [3.05, 3.63) is 84.2 Å². The van der Waals surface area contributed by atoms with Gasteiger partial charge in [0.2, 0.25) is 0 Å². The summed E-state index contributed by atoms with van der Waals surface area (Å²) in [6.45, 7) is 9.61. The van der Waals surface area contributed by atoms with Crippen molar-refractivity contribution >= 4 is 21.8 Å². The van der Waals surface area contributed by atoms with Gasteiger partial charge in [-0.1, -0.05) is 76.2 Å². The Bertz CT molecular complexity index is 914. The van der Waals surface area contributed by atoms with Crippen molar-refractivity contribution < 1.29 is 0 Å². The largest absolute Gasteiger partial charge is 0.295 e. The molecule has 2 heterocycles. The lowest BCUT2D eigenvalue weighted by Crippen LogP contribution is -2.18. The van der Waals surface area contributed by atoms with E-state index in [0.29, 0.717) is 0 Å². The number of nitrogens with zero attached hydrogens (tertiary/aromatic N) is 3. The van der Waals surface area contributed by atoms with Crippen molar-refractivity contribution in [1.29, 1.82) is 0 Å². The van der Waals surface area contributed by atoms with Gasteiger partial charge in [0.1, 0.15) is 0 Å². The Kier molecular flexibility index (Phi) is 8.57. The zero-order chi connectivity index (χ0) is 20.4. The van der Waals surface area contributed by atoms with E-state index in [4.69, 9.17) is 9.97 Å². The molecule has 3 heteroatoms. The summed E-state index contributed by atoms with van der Waals surface area (Å²) in [6.07, 6.45) is 0. The Morgan fingerprint density at radius 2 is 0.964 bits per heavy atom. The van der Waals surface area contributed by atoms with Crippen molar-refractivity contribution in [3.8, 4) is 0 Å². The van der Waals surface area contributed by atoms with E-state index in [2.05, 4.69) is 60.5 Å². The molecule has 0 spiro atoms. The summed E-state index contributed by atoms with van der Waals surface area (Å²) in [5.41, 5.74) is 4.26. The van der Waals surface area contributed by atoms with Gasteiger partial charge in [0.15, 0.2) is 0 Å². The molecule has 0 N–H and O–H groups in total. The van der Waals surface area contributed by atoms with Crippen LogP contribution < -0.4 is 0 Å². The lowest BCUT2D eigenvalue weighted by atomic mass is 10.2. The molecule has 0 bridgehead atoms. The van der Waals surface area contributed by atoms with Gasteiger partial charge < -0.3 is 0 Å². The van der Waals surface area contributed by atoms with E-state index in [-0.39, 0.29) is 0 Å². The van der Waals surface area contributed by atoms with Gasteiger partial charge in [-0.25, -0.2) is 0 Å². The Morgan fingerprint density at radius 3 is 1.39 bits per heavy atom. The Hall–Kier alpha value is -2.78. The standard InChI is InChI=1S/C21H19N3.2C2H6/c1-24(14-18-12-10-16-6-2-4-8-20(16)22-18)15-19-13-11-17-7-3-5-9-21(17)23-19;2*1-2/h2-13H,14-15H2,1H3;2*1-2H3. The van der Waals surface area contributed by atoms with Gasteiger partial charge >= 0.3 is 0 Å². The van der Waals surface area contributed by atoms with Crippen molar-refractivity contribution in [2.75, 3.05) is 7.05 Å². The second-order valence-electron chi connectivity index (χ2n) is 6.16. The molecule has 0 unspecified atom stereocenters. The van der Waals surface area contributed by atoms with Crippen LogP contribution in [0.5, 0.6) is 0 Å². The fraction of sp³-hybridized carbons (Fsp3) is 0.280. The molecular weight excluding hydrogens is 342 g/mol. The molecule has 0 aliphatic carbocycles. The summed E-state index contributed by atoms with van der Waals surface area (Å²) in [7, 11) is 2.10. The molecular formula is C25H31N3. The molecule has 146 valence electrons. The van der Waals surface area contributed by atoms with Crippen LogP contribution in [0.4, 0.5) is 0 Å². The van der Waals surface area contributed by atoms with Crippen molar-refractivity contribution in [1.82, 2.24) is 14.9 Å². The third kappa shape index (κ3) is 5.61. The van der Waals surface area contributed by atoms with E-state index in [1.807, 2.05) is 52.0 Å². The molecule has 0 amide bonds. The summed E-state index contributed by atoms with van der Waals surface area (Å²) in [6, 6.07) is 24.9. The Balaban J connectivity index is 0.000000660. The molecule has 0 atom stereocenters. The monoisotopic (exact) mass is 373 g/mol. The molecule has 3 nitrogen and oxygen atoms in total. The van der Waals surface area contributed by atoms with Crippen LogP contribution in [0.1, 0.15) is 39.1 Å². The highest BCUT2D eigenvalue weighted by atomic mass is 15.1. The first-order chi connectivity index (χ1) is 13.8. The van der Waals surface area contributed by atoms with Crippen LogP contribution in [-0.4, -0.2) is 21.9 Å². The summed E-state index contributed by atoms with van der Waals surface area (Å²) in [4.78, 5) is 11.7. The summed E-state index contributed by atoms with van der Waals surface area (Å²) in [5, 5.41) is 2.36. The summed E-state index contributed by atoms with van der Waals surface area (Å²) < 4.78 is 0. The van der Waals surface area contributed by atoms with Gasteiger partial charge in [-0.15, -0.1) is 0 Å². The van der Waals surface area contributed by atoms with Crippen LogP contribution >= 0.6 is 0 Å². The second-order valence-corrected chi connectivity index (χ2v) is 6.16. The number of hydrogen-bond acceptors (Lipinski definition) is 3. The lowest BCUT2D eigenvalue weighted by Gasteiger charge is -2.16. The number of hydrogen-bond donors (Lipinski definition) is 0. The molecule has 0 radical (unpaired) electrons. The number of para-hydroxylation sites is 2. The predicted molar refractivity (Wildman–Crippen MR) is 121 cm³/mol. The van der Waals surface area contributed by atoms with Gasteiger partial charge in [0, 0.05) is 23.9 Å². The fourth-order valence-corrected chi connectivity index (χ4v) is 3.00. The molecule has 0 saturated carbocycles. The quantitative estimate of drug-likeness (QED) is 0.410. The topological polar surface area (TPSA) is 29.0 Å².